The fourth-order valence-corrected chi connectivity index (χ4v) is 2.57. The van der Waals surface area contributed by atoms with E-state index in [1.165, 1.54) is 0 Å². The van der Waals surface area contributed by atoms with Gasteiger partial charge in [-0.15, -0.1) is 0 Å². The fraction of sp³-hybridized carbons (Fsp3) is 0.667. The number of hydrogen-bond donors (Lipinski definition) is 1. The van der Waals surface area contributed by atoms with Gasteiger partial charge >= 0.3 is 0 Å². The van der Waals surface area contributed by atoms with E-state index in [-0.39, 0.29) is 11.3 Å². The number of Topliss-reactive ketones (excluding diaryl/α,β-unsaturated/α-hetero) is 1. The van der Waals surface area contributed by atoms with Gasteiger partial charge in [0.25, 0.3) is 0 Å². The van der Waals surface area contributed by atoms with E-state index in [2.05, 4.69) is 17.3 Å². The highest BCUT2D eigenvalue weighted by atomic mass is 16.1. The SMILES string of the molecule is CCCC1(C(=O)c2cnn(C)c2)CCCN1. The van der Waals surface area contributed by atoms with Crippen molar-refractivity contribution >= 4 is 5.78 Å². The first kappa shape index (κ1) is 11.3. The smallest absolute Gasteiger partial charge is 0.185 e. The summed E-state index contributed by atoms with van der Waals surface area (Å²) in [5, 5.41) is 7.46. The Morgan fingerprint density at radius 2 is 2.50 bits per heavy atom. The number of carbonyl (C=O) groups excluding carboxylic acids is 1. The topological polar surface area (TPSA) is 46.9 Å². The molecule has 4 nitrogen and oxygen atoms in total. The summed E-state index contributed by atoms with van der Waals surface area (Å²) in [5.41, 5.74) is 0.406. The third-order valence-corrected chi connectivity index (χ3v) is 3.32. The Morgan fingerprint density at radius 3 is 3.00 bits per heavy atom. The first-order chi connectivity index (χ1) is 7.68. The van der Waals surface area contributed by atoms with Gasteiger partial charge < -0.3 is 5.32 Å². The molecule has 1 aliphatic heterocycles. The second-order valence-electron chi connectivity index (χ2n) is 4.59. The number of nitrogens with zero attached hydrogens (tertiary/aromatic N) is 2. The molecule has 2 heterocycles. The van der Waals surface area contributed by atoms with E-state index >= 15 is 0 Å². The molecule has 1 atom stereocenters. The molecule has 0 saturated carbocycles. The van der Waals surface area contributed by atoms with E-state index in [1.54, 1.807) is 17.1 Å². The third-order valence-electron chi connectivity index (χ3n) is 3.32. The summed E-state index contributed by atoms with van der Waals surface area (Å²) in [6, 6.07) is 0. The summed E-state index contributed by atoms with van der Waals surface area (Å²) >= 11 is 0. The predicted molar refractivity (Wildman–Crippen MR) is 62.4 cm³/mol. The number of carbonyl (C=O) groups is 1. The van der Waals surface area contributed by atoms with Crippen molar-refractivity contribution in [1.82, 2.24) is 15.1 Å². The minimum absolute atomic E-state index is 0.208. The van der Waals surface area contributed by atoms with Crippen molar-refractivity contribution in [1.29, 1.82) is 0 Å². The maximum atomic E-state index is 12.5. The molecule has 2 rings (SSSR count). The van der Waals surface area contributed by atoms with Crippen LogP contribution in [0.4, 0.5) is 0 Å². The second-order valence-corrected chi connectivity index (χ2v) is 4.59. The first-order valence-electron chi connectivity index (χ1n) is 5.96. The van der Waals surface area contributed by atoms with Crippen LogP contribution in [0.1, 0.15) is 43.0 Å². The van der Waals surface area contributed by atoms with Gasteiger partial charge in [0, 0.05) is 13.2 Å². The average Bonchev–Trinajstić information content (AvgIpc) is 2.87. The number of nitrogens with one attached hydrogen (secondary N) is 1. The molecule has 1 aromatic heterocycles. The molecule has 0 spiro atoms. The van der Waals surface area contributed by atoms with Crippen molar-refractivity contribution in [3.05, 3.63) is 18.0 Å². The molecule has 0 aliphatic carbocycles. The summed E-state index contributed by atoms with van der Waals surface area (Å²) < 4.78 is 1.68. The minimum Gasteiger partial charge on any atom is -0.305 e. The molecular weight excluding hydrogens is 202 g/mol. The highest BCUT2D eigenvalue weighted by Gasteiger charge is 2.40. The van der Waals surface area contributed by atoms with Crippen LogP contribution in [0.2, 0.25) is 0 Å². The molecule has 1 aliphatic rings. The van der Waals surface area contributed by atoms with Gasteiger partial charge in [0.1, 0.15) is 0 Å². The quantitative estimate of drug-likeness (QED) is 0.784. The Hall–Kier alpha value is -1.16. The zero-order valence-electron chi connectivity index (χ0n) is 9.99. The van der Waals surface area contributed by atoms with Gasteiger partial charge in [-0.05, 0) is 25.8 Å². The van der Waals surface area contributed by atoms with Crippen LogP contribution in [0.5, 0.6) is 0 Å². The van der Waals surface area contributed by atoms with E-state index in [9.17, 15) is 4.79 Å². The van der Waals surface area contributed by atoms with Crippen LogP contribution in [0, 0.1) is 0 Å². The molecule has 0 aromatic carbocycles. The van der Waals surface area contributed by atoms with Crippen molar-refractivity contribution in [3.63, 3.8) is 0 Å². The van der Waals surface area contributed by atoms with Gasteiger partial charge in [0.05, 0.1) is 17.3 Å². The van der Waals surface area contributed by atoms with E-state index in [0.717, 1.165) is 37.8 Å². The van der Waals surface area contributed by atoms with Crippen LogP contribution in [0.15, 0.2) is 12.4 Å². The van der Waals surface area contributed by atoms with Crippen LogP contribution < -0.4 is 5.32 Å². The second kappa shape index (κ2) is 4.37. The van der Waals surface area contributed by atoms with Crippen LogP contribution in [0.25, 0.3) is 0 Å². The Bertz CT molecular complexity index is 377. The van der Waals surface area contributed by atoms with Crippen LogP contribution in [0.3, 0.4) is 0 Å². The lowest BCUT2D eigenvalue weighted by Crippen LogP contribution is -2.47. The third kappa shape index (κ3) is 1.89. The van der Waals surface area contributed by atoms with E-state index in [1.807, 2.05) is 7.05 Å². The molecule has 0 radical (unpaired) electrons. The molecular formula is C12H19N3O. The Labute approximate surface area is 96.0 Å². The van der Waals surface area contributed by atoms with Crippen molar-refractivity contribution in [2.24, 2.45) is 7.05 Å². The van der Waals surface area contributed by atoms with Gasteiger partial charge in [0.15, 0.2) is 5.78 Å². The molecule has 4 heteroatoms. The summed E-state index contributed by atoms with van der Waals surface area (Å²) in [7, 11) is 1.84. The normalized spacial score (nSPS) is 24.9. The maximum absolute atomic E-state index is 12.5. The minimum atomic E-state index is -0.322. The van der Waals surface area contributed by atoms with Gasteiger partial charge in [-0.2, -0.15) is 5.10 Å². The monoisotopic (exact) mass is 221 g/mol. The standard InChI is InChI=1S/C12H19N3O/c1-3-5-12(6-4-7-13-12)11(16)10-8-14-15(2)9-10/h8-9,13H,3-7H2,1-2H3. The largest absolute Gasteiger partial charge is 0.305 e. The van der Waals surface area contributed by atoms with E-state index < -0.39 is 0 Å². The molecule has 1 fully saturated rings. The fourth-order valence-electron chi connectivity index (χ4n) is 2.57. The molecule has 0 bridgehead atoms. The number of aryl methyl sites for hydroxylation is 1. The summed E-state index contributed by atoms with van der Waals surface area (Å²) in [5.74, 6) is 0.208. The molecule has 0 amide bonds. The first-order valence-corrected chi connectivity index (χ1v) is 5.96. The van der Waals surface area contributed by atoms with Crippen LogP contribution in [-0.2, 0) is 7.05 Å². The van der Waals surface area contributed by atoms with Crippen molar-refractivity contribution in [2.75, 3.05) is 6.54 Å². The Kier molecular flexibility index (Phi) is 3.10. The number of hydrogen-bond acceptors (Lipinski definition) is 3. The highest BCUT2D eigenvalue weighted by Crippen LogP contribution is 2.28. The summed E-state index contributed by atoms with van der Waals surface area (Å²) in [4.78, 5) is 12.5. The van der Waals surface area contributed by atoms with Gasteiger partial charge in [-0.3, -0.25) is 9.48 Å². The molecule has 1 unspecified atom stereocenters. The van der Waals surface area contributed by atoms with E-state index in [0.29, 0.717) is 0 Å². The summed E-state index contributed by atoms with van der Waals surface area (Å²) in [6.45, 7) is 3.07. The van der Waals surface area contributed by atoms with Gasteiger partial charge in [-0.1, -0.05) is 13.3 Å². The Morgan fingerprint density at radius 1 is 1.69 bits per heavy atom. The molecule has 88 valence electrons. The molecule has 1 saturated heterocycles. The predicted octanol–water partition coefficient (Wildman–Crippen LogP) is 1.53. The number of aromatic nitrogens is 2. The van der Waals surface area contributed by atoms with Crippen LogP contribution >= 0.6 is 0 Å². The van der Waals surface area contributed by atoms with Crippen molar-refractivity contribution in [3.8, 4) is 0 Å². The van der Waals surface area contributed by atoms with Gasteiger partial charge in [-0.25, -0.2) is 0 Å². The maximum Gasteiger partial charge on any atom is 0.185 e. The zero-order chi connectivity index (χ0) is 11.6. The average molecular weight is 221 g/mol. The van der Waals surface area contributed by atoms with E-state index in [4.69, 9.17) is 0 Å². The number of ketones is 1. The molecule has 1 aromatic rings. The van der Waals surface area contributed by atoms with Crippen LogP contribution in [-0.4, -0.2) is 27.6 Å². The van der Waals surface area contributed by atoms with Crippen molar-refractivity contribution < 1.29 is 4.79 Å². The summed E-state index contributed by atoms with van der Waals surface area (Å²) in [6.07, 6.45) is 7.46. The lowest BCUT2D eigenvalue weighted by molar-refractivity contribution is 0.0857. The molecule has 1 N–H and O–H groups in total. The number of rotatable bonds is 4. The van der Waals surface area contributed by atoms with Crippen molar-refractivity contribution in [2.45, 2.75) is 38.1 Å². The van der Waals surface area contributed by atoms with Gasteiger partial charge in [0.2, 0.25) is 0 Å². The highest BCUT2D eigenvalue weighted by molar-refractivity contribution is 6.03. The zero-order valence-corrected chi connectivity index (χ0v) is 9.99. The lowest BCUT2D eigenvalue weighted by Gasteiger charge is -2.26. The molecule has 16 heavy (non-hydrogen) atoms. The lowest BCUT2D eigenvalue weighted by atomic mass is 9.85. The Balaban J connectivity index is 2.23.